The number of hydrogen-bond donors (Lipinski definition) is 0. The third-order valence-corrected chi connectivity index (χ3v) is 6.92. The van der Waals surface area contributed by atoms with Crippen molar-refractivity contribution in [3.8, 4) is 6.07 Å². The van der Waals surface area contributed by atoms with Crippen LogP contribution in [-0.4, -0.2) is 48.5 Å². The number of hydrogen-bond acceptors (Lipinski definition) is 7. The van der Waals surface area contributed by atoms with Crippen molar-refractivity contribution in [1.82, 2.24) is 5.01 Å². The molecule has 0 aromatic heterocycles. The van der Waals surface area contributed by atoms with Crippen LogP contribution < -0.4 is 4.31 Å². The molecule has 0 saturated heterocycles. The summed E-state index contributed by atoms with van der Waals surface area (Å²) in [6, 6.07) is 16.1. The van der Waals surface area contributed by atoms with E-state index in [4.69, 9.17) is 33.2 Å². The van der Waals surface area contributed by atoms with E-state index in [-0.39, 0.29) is 19.0 Å². The third-order valence-electron chi connectivity index (χ3n) is 5.28. The zero-order valence-electron chi connectivity index (χ0n) is 18.8. The van der Waals surface area contributed by atoms with Crippen LogP contribution in [0.25, 0.3) is 0 Å². The average molecular weight is 519 g/mol. The smallest absolute Gasteiger partial charge is 0.319 e. The molecule has 1 unspecified atom stereocenters. The van der Waals surface area contributed by atoms with E-state index in [1.54, 1.807) is 64.8 Å². The van der Waals surface area contributed by atoms with Crippen LogP contribution in [0.4, 0.5) is 5.69 Å². The van der Waals surface area contributed by atoms with Crippen molar-refractivity contribution in [3.05, 3.63) is 64.1 Å². The predicted octanol–water partition coefficient (Wildman–Crippen LogP) is 5.18. The Bertz CT molecular complexity index is 1100. The summed E-state index contributed by atoms with van der Waals surface area (Å²) in [5.41, 5.74) is 0.873. The second kappa shape index (κ2) is 11.6. The van der Waals surface area contributed by atoms with Crippen molar-refractivity contribution in [2.24, 2.45) is 10.5 Å². The van der Waals surface area contributed by atoms with Gasteiger partial charge in [0.1, 0.15) is 12.0 Å². The van der Waals surface area contributed by atoms with Gasteiger partial charge in [0.15, 0.2) is 0 Å². The molecule has 1 atom stereocenters. The van der Waals surface area contributed by atoms with Crippen LogP contribution >= 0.6 is 35.1 Å². The molecule has 1 aliphatic rings. The van der Waals surface area contributed by atoms with Gasteiger partial charge >= 0.3 is 5.97 Å². The Hall–Kier alpha value is -2.73. The van der Waals surface area contributed by atoms with Gasteiger partial charge in [-0.25, -0.2) is 0 Å². The van der Waals surface area contributed by atoms with Gasteiger partial charge in [0.2, 0.25) is 0 Å². The van der Waals surface area contributed by atoms with Gasteiger partial charge in [-0.15, -0.1) is 0 Å². The van der Waals surface area contributed by atoms with Gasteiger partial charge in [0.05, 0.1) is 31.1 Å². The molecule has 1 heterocycles. The lowest BCUT2D eigenvalue weighted by Gasteiger charge is -2.26. The normalized spacial score (nSPS) is 17.1. The van der Waals surface area contributed by atoms with Crippen molar-refractivity contribution in [2.45, 2.75) is 19.8 Å². The summed E-state index contributed by atoms with van der Waals surface area (Å²) in [6.07, 6.45) is 1.07. The fourth-order valence-electron chi connectivity index (χ4n) is 3.58. The molecule has 3 rings (SSSR count). The van der Waals surface area contributed by atoms with E-state index in [1.807, 2.05) is 0 Å². The largest absolute Gasteiger partial charge is 0.468 e. The quantitative estimate of drug-likeness (QED) is 0.258. The van der Waals surface area contributed by atoms with Gasteiger partial charge < -0.3 is 4.74 Å². The van der Waals surface area contributed by atoms with Crippen molar-refractivity contribution >= 4 is 58.4 Å². The Kier molecular flexibility index (Phi) is 8.84. The van der Waals surface area contributed by atoms with E-state index in [0.717, 1.165) is 5.56 Å². The Morgan fingerprint density at radius 1 is 1.18 bits per heavy atom. The van der Waals surface area contributed by atoms with Crippen molar-refractivity contribution < 1.29 is 14.3 Å². The van der Waals surface area contributed by atoms with Gasteiger partial charge in [-0.05, 0) is 67.3 Å². The zero-order chi connectivity index (χ0) is 24.7. The second-order valence-electron chi connectivity index (χ2n) is 7.86. The second-order valence-corrected chi connectivity index (χ2v) is 9.77. The fourth-order valence-corrected chi connectivity index (χ4v) is 4.76. The number of hydrazone groups is 1. The standard InChI is InChI=1S/C24H24Cl2N4O3S/c1-24(23(32)33-2)16-29(28-22(24)17-5-7-18(25)8-6-17)15-21(31)30(34-14-4-3-13-27)20-11-9-19(26)10-12-20/h5-12H,3-4,14-16H2,1-2H3. The highest BCUT2D eigenvalue weighted by Crippen LogP contribution is 2.33. The number of nitriles is 1. The van der Waals surface area contributed by atoms with E-state index in [9.17, 15) is 9.59 Å². The first-order chi connectivity index (χ1) is 16.3. The Balaban J connectivity index is 1.84. The number of ether oxygens (including phenoxy) is 1. The first kappa shape index (κ1) is 25.9. The van der Waals surface area contributed by atoms with Crippen molar-refractivity contribution in [2.75, 3.05) is 30.3 Å². The molecule has 0 saturated carbocycles. The highest BCUT2D eigenvalue weighted by atomic mass is 35.5. The molecular weight excluding hydrogens is 495 g/mol. The topological polar surface area (TPSA) is 86.0 Å². The first-order valence-electron chi connectivity index (χ1n) is 10.6. The number of esters is 1. The summed E-state index contributed by atoms with van der Waals surface area (Å²) in [7, 11) is 1.33. The van der Waals surface area contributed by atoms with Crippen LogP contribution in [0.3, 0.4) is 0 Å². The van der Waals surface area contributed by atoms with Crippen LogP contribution in [0.2, 0.25) is 10.0 Å². The molecule has 1 amide bonds. The highest BCUT2D eigenvalue weighted by Gasteiger charge is 2.47. The van der Waals surface area contributed by atoms with Gasteiger partial charge in [-0.3, -0.25) is 18.9 Å². The summed E-state index contributed by atoms with van der Waals surface area (Å²) >= 11 is 13.4. The van der Waals surface area contributed by atoms with Gasteiger partial charge in [-0.1, -0.05) is 35.3 Å². The fraction of sp³-hybridized carbons (Fsp3) is 0.333. The predicted molar refractivity (Wildman–Crippen MR) is 136 cm³/mol. The molecule has 1 aliphatic heterocycles. The van der Waals surface area contributed by atoms with Crippen LogP contribution in [-0.2, 0) is 14.3 Å². The average Bonchev–Trinajstić information content (AvgIpc) is 3.16. The zero-order valence-corrected chi connectivity index (χ0v) is 21.2. The molecule has 0 bridgehead atoms. The first-order valence-corrected chi connectivity index (χ1v) is 12.2. The number of halogens is 2. The minimum Gasteiger partial charge on any atom is -0.468 e. The molecule has 2 aromatic rings. The van der Waals surface area contributed by atoms with Crippen molar-refractivity contribution in [3.63, 3.8) is 0 Å². The molecule has 7 nitrogen and oxygen atoms in total. The lowest BCUT2D eigenvalue weighted by atomic mass is 9.82. The van der Waals surface area contributed by atoms with E-state index in [0.29, 0.717) is 40.0 Å². The van der Waals surface area contributed by atoms with Crippen LogP contribution in [0, 0.1) is 16.7 Å². The van der Waals surface area contributed by atoms with Crippen LogP contribution in [0.1, 0.15) is 25.3 Å². The van der Waals surface area contributed by atoms with Crippen LogP contribution in [0.5, 0.6) is 0 Å². The minimum absolute atomic E-state index is 0.0441. The molecule has 0 fully saturated rings. The Morgan fingerprint density at radius 2 is 1.79 bits per heavy atom. The summed E-state index contributed by atoms with van der Waals surface area (Å²) in [5.74, 6) is -0.0460. The number of carbonyl (C=O) groups excluding carboxylic acids is 2. The molecule has 2 aromatic carbocycles. The van der Waals surface area contributed by atoms with Crippen molar-refractivity contribution in [1.29, 1.82) is 5.26 Å². The molecule has 10 heteroatoms. The number of nitrogens with zero attached hydrogens (tertiary/aromatic N) is 4. The summed E-state index contributed by atoms with van der Waals surface area (Å²) in [6.45, 7) is 1.90. The number of amides is 1. The van der Waals surface area contributed by atoms with Crippen LogP contribution in [0.15, 0.2) is 53.6 Å². The summed E-state index contributed by atoms with van der Waals surface area (Å²) < 4.78 is 6.64. The van der Waals surface area contributed by atoms with E-state index >= 15 is 0 Å². The summed E-state index contributed by atoms with van der Waals surface area (Å²) in [4.78, 5) is 26.1. The van der Waals surface area contributed by atoms with E-state index < -0.39 is 11.4 Å². The monoisotopic (exact) mass is 518 g/mol. The lowest BCUT2D eigenvalue weighted by Crippen LogP contribution is -2.42. The van der Waals surface area contributed by atoms with E-state index in [2.05, 4.69) is 11.2 Å². The minimum atomic E-state index is -1.05. The van der Waals surface area contributed by atoms with E-state index in [1.165, 1.54) is 19.1 Å². The molecule has 0 radical (unpaired) electrons. The molecule has 34 heavy (non-hydrogen) atoms. The third kappa shape index (κ3) is 6.03. The molecule has 178 valence electrons. The number of rotatable bonds is 9. The number of unbranched alkanes of at least 4 members (excludes halogenated alkanes) is 1. The van der Waals surface area contributed by atoms with Gasteiger partial charge in [-0.2, -0.15) is 10.4 Å². The molecule has 0 aliphatic carbocycles. The maximum absolute atomic E-state index is 13.3. The number of benzene rings is 2. The Morgan fingerprint density at radius 3 is 2.38 bits per heavy atom. The lowest BCUT2D eigenvalue weighted by molar-refractivity contribution is -0.148. The maximum Gasteiger partial charge on any atom is 0.319 e. The summed E-state index contributed by atoms with van der Waals surface area (Å²) in [5, 5.41) is 16.2. The number of methoxy groups -OCH3 is 1. The SMILES string of the molecule is COC(=O)C1(C)CN(CC(=O)N(SCCCC#N)c2ccc(Cl)cc2)N=C1c1ccc(Cl)cc1. The maximum atomic E-state index is 13.3. The highest BCUT2D eigenvalue weighted by molar-refractivity contribution is 8.01. The van der Waals surface area contributed by atoms with Gasteiger partial charge in [0, 0.05) is 22.2 Å². The molecular formula is C24H24Cl2N4O3S. The number of anilines is 1. The molecule has 0 N–H and O–H groups in total. The molecule has 0 spiro atoms. The Labute approximate surface area is 213 Å². The number of carbonyl (C=O) groups is 2. The van der Waals surface area contributed by atoms with Gasteiger partial charge in [0.25, 0.3) is 5.91 Å².